The van der Waals surface area contributed by atoms with Crippen molar-refractivity contribution >= 4 is 68.0 Å². The molecule has 19 nitrogen and oxygen atoms in total. The number of nitrogens with two attached hydrogens (primary N) is 2. The number of thiazole rings is 1. The summed E-state index contributed by atoms with van der Waals surface area (Å²) in [4.78, 5) is 59.5. The number of aliphatic hydroxyl groups excluding tert-OH is 1. The number of benzene rings is 4. The molecule has 4 aromatic carbocycles. The standard InChI is InChI=1S/C60H77ClFN9O10S/c1-36(38-11-13-39(14-12-38)54-37(2)66-35-82-54)67-56(75)47-31-42(73)33-71(47)57(76)50(59(3,4)5)52(63)48(74)34-80-28-27-79-26-25-78-24-23-77-21-15-60(6,64)16-22-81-58-68-53-45(55(69-58)70-19-17-65-18-20-70)32-46(61)49(51(53)62)44-30-41(72)29-40-9-7-8-10-43(40)44/h7-14,29-30,32,35-36,42,47,50,52,65,72-73H,15-28,31,33-34,63-64H2,1-6H3,(H,67,75)/t36-,42+,47-,50-,52?,60?/m0/s1. The van der Waals surface area contributed by atoms with Gasteiger partial charge in [-0.15, -0.1) is 11.3 Å². The number of phenols is 1. The average molecular weight is 1170 g/mol. The van der Waals surface area contributed by atoms with E-state index in [9.17, 15) is 24.6 Å². The van der Waals surface area contributed by atoms with E-state index in [2.05, 4.69) is 25.5 Å². The predicted molar refractivity (Wildman–Crippen MR) is 316 cm³/mol. The zero-order valence-corrected chi connectivity index (χ0v) is 49.1. The van der Waals surface area contributed by atoms with E-state index in [-0.39, 0.29) is 79.9 Å². The largest absolute Gasteiger partial charge is 0.508 e. The van der Waals surface area contributed by atoms with Crippen LogP contribution in [0.15, 0.2) is 72.2 Å². The zero-order valence-electron chi connectivity index (χ0n) is 47.6. The van der Waals surface area contributed by atoms with Gasteiger partial charge in [0.1, 0.15) is 29.7 Å². The average Bonchev–Trinajstić information content (AvgIpc) is 2.38. The number of Topliss-reactive ketones (excluding diaryl/α,β-unsaturated/α-hetero) is 1. The molecule has 8 N–H and O–H groups in total. The number of ether oxygens (including phenoxy) is 5. The number of likely N-dealkylation sites (tertiary alicyclic amines) is 1. The molecule has 4 heterocycles. The lowest BCUT2D eigenvalue weighted by molar-refractivity contribution is -0.148. The Hall–Kier alpha value is -5.98. The van der Waals surface area contributed by atoms with E-state index < -0.39 is 58.5 Å². The van der Waals surface area contributed by atoms with Crippen molar-refractivity contribution in [2.45, 2.75) is 90.6 Å². The molecule has 442 valence electrons. The number of amides is 2. The highest BCUT2D eigenvalue weighted by molar-refractivity contribution is 7.13. The highest BCUT2D eigenvalue weighted by Gasteiger charge is 2.47. The molecular formula is C60H77ClFN9O10S. The normalized spacial score (nSPS) is 17.7. The second-order valence-electron chi connectivity index (χ2n) is 22.5. The summed E-state index contributed by atoms with van der Waals surface area (Å²) in [6.07, 6.45) is 0.0887. The van der Waals surface area contributed by atoms with Crippen LogP contribution in [0.2, 0.25) is 5.02 Å². The van der Waals surface area contributed by atoms with Crippen LogP contribution in [0.5, 0.6) is 11.8 Å². The third kappa shape index (κ3) is 15.6. The molecule has 82 heavy (non-hydrogen) atoms. The number of fused-ring (bicyclic) bond motifs is 2. The number of halogens is 2. The van der Waals surface area contributed by atoms with Crippen LogP contribution in [0.1, 0.15) is 71.2 Å². The Bertz CT molecular complexity index is 3160. The SMILES string of the molecule is Cc1ncsc1-c1ccc([C@H](C)NC(=O)[C@@H]2C[C@@H](O)CN2C(=O)[C@H](C(N)C(=O)COCCOCCOCCOCCC(C)(N)CCOc2nc(N3CCNCC3)c3cc(Cl)c(-c4cc(O)cc5ccccc45)c(F)c3n2)C(C)(C)C)cc1. The molecule has 2 aliphatic rings. The van der Waals surface area contributed by atoms with E-state index in [1.54, 1.807) is 29.0 Å². The van der Waals surface area contributed by atoms with Crippen molar-refractivity contribution in [1.29, 1.82) is 0 Å². The molecule has 6 atom stereocenters. The minimum absolute atomic E-state index is 0.0105. The summed E-state index contributed by atoms with van der Waals surface area (Å²) in [5, 5.41) is 29.7. The van der Waals surface area contributed by atoms with Crippen LogP contribution in [0.3, 0.4) is 0 Å². The van der Waals surface area contributed by atoms with E-state index in [1.807, 2.05) is 90.1 Å². The van der Waals surface area contributed by atoms with Gasteiger partial charge in [0.15, 0.2) is 11.6 Å². The molecule has 2 aromatic heterocycles. The van der Waals surface area contributed by atoms with E-state index in [1.165, 1.54) is 11.0 Å². The number of nitrogens with one attached hydrogen (secondary N) is 2. The lowest BCUT2D eigenvalue weighted by atomic mass is 9.74. The number of anilines is 1. The first kappa shape index (κ1) is 62.1. The maximum Gasteiger partial charge on any atom is 0.319 e. The molecule has 2 saturated heterocycles. The van der Waals surface area contributed by atoms with Crippen molar-refractivity contribution < 1.29 is 52.7 Å². The molecule has 22 heteroatoms. The van der Waals surface area contributed by atoms with Gasteiger partial charge in [-0.25, -0.2) is 9.37 Å². The lowest BCUT2D eigenvalue weighted by Gasteiger charge is -2.37. The second-order valence-corrected chi connectivity index (χ2v) is 23.7. The van der Waals surface area contributed by atoms with Gasteiger partial charge in [0.2, 0.25) is 11.8 Å². The maximum atomic E-state index is 16.9. The smallest absolute Gasteiger partial charge is 0.319 e. The first-order valence-corrected chi connectivity index (χ1v) is 29.1. The topological polar surface area (TPSA) is 259 Å². The summed E-state index contributed by atoms with van der Waals surface area (Å²) in [6, 6.07) is 17.5. The zero-order chi connectivity index (χ0) is 58.7. The molecule has 2 aliphatic heterocycles. The van der Waals surface area contributed by atoms with Crippen LogP contribution in [0.4, 0.5) is 10.2 Å². The van der Waals surface area contributed by atoms with E-state index in [0.29, 0.717) is 69.1 Å². The van der Waals surface area contributed by atoms with Gasteiger partial charge in [-0.1, -0.05) is 80.9 Å². The molecule has 2 amide bonds. The van der Waals surface area contributed by atoms with Crippen LogP contribution in [-0.2, 0) is 33.3 Å². The number of hydrogen-bond acceptors (Lipinski definition) is 18. The van der Waals surface area contributed by atoms with Crippen LogP contribution in [0, 0.1) is 24.1 Å². The van der Waals surface area contributed by atoms with Gasteiger partial charge in [-0.05, 0) is 84.7 Å². The highest BCUT2D eigenvalue weighted by Crippen LogP contribution is 2.43. The summed E-state index contributed by atoms with van der Waals surface area (Å²) in [5.74, 6) is -2.49. The summed E-state index contributed by atoms with van der Waals surface area (Å²) in [7, 11) is 0. The number of carbonyl (C=O) groups excluding carboxylic acids is 3. The molecule has 2 fully saturated rings. The van der Waals surface area contributed by atoms with Crippen LogP contribution < -0.4 is 31.7 Å². The number of β-amino-alcohol motifs (C(OH)–C–C–N with tert-alkyl or cyclic N) is 1. The number of rotatable bonds is 27. The van der Waals surface area contributed by atoms with E-state index in [0.717, 1.165) is 45.6 Å². The number of carbonyl (C=O) groups is 3. The fourth-order valence-electron chi connectivity index (χ4n) is 10.5. The molecule has 6 aromatic rings. The number of aryl methyl sites for hydroxylation is 1. The Balaban J connectivity index is 0.719. The third-order valence-electron chi connectivity index (χ3n) is 15.0. The number of phenolic OH excluding ortho intramolecular Hbond substituents is 1. The predicted octanol–water partition coefficient (Wildman–Crippen LogP) is 7.13. The first-order valence-electron chi connectivity index (χ1n) is 27.9. The van der Waals surface area contributed by atoms with Crippen LogP contribution in [-0.4, -0.2) is 164 Å². The first-order chi connectivity index (χ1) is 39.2. The molecule has 0 radical (unpaired) electrons. The fourth-order valence-corrected chi connectivity index (χ4v) is 11.6. The van der Waals surface area contributed by atoms with Gasteiger partial charge in [0.05, 0.1) is 91.5 Å². The Labute approximate surface area is 487 Å². The van der Waals surface area contributed by atoms with Crippen molar-refractivity contribution in [2.24, 2.45) is 22.8 Å². The number of hydrogen-bond donors (Lipinski definition) is 6. The van der Waals surface area contributed by atoms with Crippen molar-refractivity contribution in [3.8, 4) is 33.3 Å². The monoisotopic (exact) mass is 1170 g/mol. The number of aromatic nitrogens is 3. The lowest BCUT2D eigenvalue weighted by Crippen LogP contribution is -2.56. The molecular weight excluding hydrogens is 1090 g/mol. The Morgan fingerprint density at radius 1 is 0.902 bits per heavy atom. The highest BCUT2D eigenvalue weighted by atomic mass is 35.5. The van der Waals surface area contributed by atoms with Gasteiger partial charge in [0.25, 0.3) is 0 Å². The number of ketones is 1. The van der Waals surface area contributed by atoms with E-state index in [4.69, 9.17) is 51.7 Å². The van der Waals surface area contributed by atoms with Gasteiger partial charge < -0.3 is 65.8 Å². The number of nitrogens with zero attached hydrogens (tertiary/aromatic N) is 5. The third-order valence-corrected chi connectivity index (χ3v) is 16.3. The Morgan fingerprint density at radius 3 is 2.23 bits per heavy atom. The minimum atomic E-state index is -1.23. The van der Waals surface area contributed by atoms with Crippen molar-refractivity contribution in [2.75, 3.05) is 97.1 Å². The molecule has 0 spiro atoms. The Morgan fingerprint density at radius 2 is 1.56 bits per heavy atom. The van der Waals surface area contributed by atoms with Gasteiger partial charge in [-0.2, -0.15) is 9.97 Å². The number of aromatic hydroxyl groups is 1. The quantitative estimate of drug-likeness (QED) is 0.0280. The molecule has 0 saturated carbocycles. The fraction of sp³-hybridized carbons (Fsp3) is 0.500. The van der Waals surface area contributed by atoms with Gasteiger partial charge in [-0.3, -0.25) is 14.4 Å². The number of piperazine rings is 1. The molecule has 0 aliphatic carbocycles. The maximum absolute atomic E-state index is 16.9. The molecule has 8 rings (SSSR count). The summed E-state index contributed by atoms with van der Waals surface area (Å²) >= 11 is 8.42. The Kier molecular flexibility index (Phi) is 21.2. The summed E-state index contributed by atoms with van der Waals surface area (Å²) < 4.78 is 45.7. The second kappa shape index (κ2) is 28.1. The van der Waals surface area contributed by atoms with Crippen LogP contribution in [0.25, 0.3) is 43.2 Å². The van der Waals surface area contributed by atoms with E-state index >= 15 is 4.39 Å². The molecule has 0 bridgehead atoms. The number of aliphatic hydroxyl groups is 1. The minimum Gasteiger partial charge on any atom is -0.508 e. The summed E-state index contributed by atoms with van der Waals surface area (Å²) in [5.41, 5.74) is 17.0. The van der Waals surface area contributed by atoms with Crippen molar-refractivity contribution in [3.05, 3.63) is 94.3 Å². The van der Waals surface area contributed by atoms with Crippen molar-refractivity contribution in [1.82, 2.24) is 30.5 Å². The van der Waals surface area contributed by atoms with Gasteiger partial charge in [0, 0.05) is 62.2 Å². The van der Waals surface area contributed by atoms with Crippen LogP contribution >= 0.6 is 22.9 Å². The molecule has 2 unspecified atom stereocenters. The summed E-state index contributed by atoms with van der Waals surface area (Å²) in [6.45, 7) is 15.6. The van der Waals surface area contributed by atoms with Gasteiger partial charge >= 0.3 is 6.01 Å². The van der Waals surface area contributed by atoms with Crippen molar-refractivity contribution in [3.63, 3.8) is 0 Å².